The molecule has 0 atom stereocenters. The number of rotatable bonds is 5. The van der Waals surface area contributed by atoms with Crippen molar-refractivity contribution in [1.29, 1.82) is 5.26 Å². The third kappa shape index (κ3) is 4.79. The standard InChI is InChI=1S/C16H9ClF3N7S/c17-13-5-10(16(18,19)20)8-23-15(13)28-12-3-1-11(2-4-12)22-7-9(6-21)14-24-26-27-25-14/h1-5,7-8,22H,(H,24,25,26,27). The molecule has 0 radical (unpaired) electrons. The summed E-state index contributed by atoms with van der Waals surface area (Å²) in [5, 5.41) is 25.3. The Morgan fingerprint density at radius 2 is 2.04 bits per heavy atom. The lowest BCUT2D eigenvalue weighted by Gasteiger charge is -2.09. The van der Waals surface area contributed by atoms with Crippen LogP contribution in [0.25, 0.3) is 5.57 Å². The minimum atomic E-state index is -4.50. The van der Waals surface area contributed by atoms with Crippen molar-refractivity contribution in [1.82, 2.24) is 25.6 Å². The Morgan fingerprint density at radius 1 is 1.29 bits per heavy atom. The van der Waals surface area contributed by atoms with E-state index in [0.29, 0.717) is 5.69 Å². The van der Waals surface area contributed by atoms with Crippen LogP contribution >= 0.6 is 23.4 Å². The molecule has 2 N–H and O–H groups in total. The number of allylic oxidation sites excluding steroid dienone is 1. The molecule has 1 aromatic carbocycles. The summed E-state index contributed by atoms with van der Waals surface area (Å²) in [4.78, 5) is 4.51. The van der Waals surface area contributed by atoms with Crippen LogP contribution in [0.15, 0.2) is 52.7 Å². The number of nitrogens with one attached hydrogen (secondary N) is 2. The number of anilines is 1. The highest BCUT2D eigenvalue weighted by molar-refractivity contribution is 7.99. The fourth-order valence-electron chi connectivity index (χ4n) is 1.96. The highest BCUT2D eigenvalue weighted by atomic mass is 35.5. The van der Waals surface area contributed by atoms with Gasteiger partial charge in [-0.2, -0.15) is 23.6 Å². The monoisotopic (exact) mass is 423 g/mol. The molecular formula is C16H9ClF3N7S. The van der Waals surface area contributed by atoms with Crippen LogP contribution in [0.5, 0.6) is 0 Å². The first-order chi connectivity index (χ1) is 13.4. The van der Waals surface area contributed by atoms with Gasteiger partial charge in [-0.05, 0) is 35.5 Å². The summed E-state index contributed by atoms with van der Waals surface area (Å²) in [6, 6.07) is 9.71. The molecule has 0 aliphatic heterocycles. The van der Waals surface area contributed by atoms with Crippen molar-refractivity contribution < 1.29 is 13.2 Å². The maximum Gasteiger partial charge on any atom is 0.417 e. The topological polar surface area (TPSA) is 103 Å². The van der Waals surface area contributed by atoms with E-state index >= 15 is 0 Å². The molecule has 0 saturated heterocycles. The Bertz CT molecular complexity index is 1030. The van der Waals surface area contributed by atoms with Gasteiger partial charge in [-0.3, -0.25) is 0 Å². The van der Waals surface area contributed by atoms with Crippen LogP contribution in [0.1, 0.15) is 11.4 Å². The molecule has 3 aromatic rings. The molecule has 0 amide bonds. The largest absolute Gasteiger partial charge is 0.417 e. The van der Waals surface area contributed by atoms with Crippen LogP contribution < -0.4 is 5.32 Å². The Morgan fingerprint density at radius 3 is 2.61 bits per heavy atom. The molecule has 142 valence electrons. The number of hydrogen-bond acceptors (Lipinski definition) is 7. The Labute approximate surface area is 165 Å². The number of alkyl halides is 3. The fraction of sp³-hybridized carbons (Fsp3) is 0.0625. The van der Waals surface area contributed by atoms with E-state index < -0.39 is 11.7 Å². The first-order valence-corrected chi connectivity index (χ1v) is 8.67. The highest BCUT2D eigenvalue weighted by Crippen LogP contribution is 2.36. The van der Waals surface area contributed by atoms with Crippen LogP contribution in [0.3, 0.4) is 0 Å². The maximum absolute atomic E-state index is 12.7. The number of halogens is 4. The molecule has 0 aliphatic carbocycles. The molecule has 0 spiro atoms. The lowest BCUT2D eigenvalue weighted by molar-refractivity contribution is -0.137. The van der Waals surface area contributed by atoms with E-state index in [0.717, 1.165) is 28.9 Å². The zero-order chi connectivity index (χ0) is 20.1. The van der Waals surface area contributed by atoms with Crippen molar-refractivity contribution in [3.63, 3.8) is 0 Å². The van der Waals surface area contributed by atoms with Gasteiger partial charge in [0, 0.05) is 23.0 Å². The van der Waals surface area contributed by atoms with Gasteiger partial charge in [-0.25, -0.2) is 4.98 Å². The number of aromatic nitrogens is 5. The molecule has 0 saturated carbocycles. The predicted molar refractivity (Wildman–Crippen MR) is 96.2 cm³/mol. The summed E-state index contributed by atoms with van der Waals surface area (Å²) in [6.07, 6.45) is -2.32. The van der Waals surface area contributed by atoms with Gasteiger partial charge in [-0.1, -0.05) is 23.4 Å². The molecular weight excluding hydrogens is 415 g/mol. The van der Waals surface area contributed by atoms with E-state index in [2.05, 4.69) is 30.9 Å². The SMILES string of the molecule is N#CC(=CNc1ccc(Sc2ncc(C(F)(F)F)cc2Cl)cc1)c1nn[nH]n1. The summed E-state index contributed by atoms with van der Waals surface area (Å²) in [5.74, 6) is 0.158. The van der Waals surface area contributed by atoms with Crippen molar-refractivity contribution >= 4 is 34.6 Å². The lowest BCUT2D eigenvalue weighted by atomic mass is 10.3. The van der Waals surface area contributed by atoms with Crippen LogP contribution in [-0.2, 0) is 6.18 Å². The van der Waals surface area contributed by atoms with E-state index in [-0.39, 0.29) is 21.4 Å². The average molecular weight is 424 g/mol. The summed E-state index contributed by atoms with van der Waals surface area (Å²) in [7, 11) is 0. The smallest absolute Gasteiger partial charge is 0.360 e. The van der Waals surface area contributed by atoms with E-state index in [9.17, 15) is 13.2 Å². The van der Waals surface area contributed by atoms with Crippen LogP contribution in [-0.4, -0.2) is 25.6 Å². The van der Waals surface area contributed by atoms with Crippen molar-refractivity contribution in [2.75, 3.05) is 5.32 Å². The Kier molecular flexibility index (Phi) is 5.81. The van der Waals surface area contributed by atoms with Crippen molar-refractivity contribution in [3.8, 4) is 6.07 Å². The zero-order valence-electron chi connectivity index (χ0n) is 13.7. The third-order valence-corrected chi connectivity index (χ3v) is 4.72. The van der Waals surface area contributed by atoms with Crippen molar-refractivity contribution in [2.45, 2.75) is 16.1 Å². The number of pyridine rings is 1. The molecule has 12 heteroatoms. The van der Waals surface area contributed by atoms with Crippen molar-refractivity contribution in [3.05, 3.63) is 59.1 Å². The van der Waals surface area contributed by atoms with E-state index in [1.807, 2.05) is 6.07 Å². The number of H-pyrrole nitrogens is 1. The molecule has 0 unspecified atom stereocenters. The molecule has 28 heavy (non-hydrogen) atoms. The van der Waals surface area contributed by atoms with Gasteiger partial charge >= 0.3 is 6.18 Å². The second kappa shape index (κ2) is 8.28. The molecule has 0 bridgehead atoms. The molecule has 0 fully saturated rings. The van der Waals surface area contributed by atoms with Gasteiger partial charge < -0.3 is 5.32 Å². The Balaban J connectivity index is 1.69. The number of nitrogens with zero attached hydrogens (tertiary/aromatic N) is 5. The first-order valence-electron chi connectivity index (χ1n) is 7.48. The number of hydrogen-bond donors (Lipinski definition) is 2. The zero-order valence-corrected chi connectivity index (χ0v) is 15.3. The van der Waals surface area contributed by atoms with Gasteiger partial charge in [-0.15, -0.1) is 10.2 Å². The molecule has 2 aromatic heterocycles. The van der Waals surface area contributed by atoms with E-state index in [1.54, 1.807) is 24.3 Å². The number of benzene rings is 1. The predicted octanol–water partition coefficient (Wildman–Crippen LogP) is 4.39. The van der Waals surface area contributed by atoms with Gasteiger partial charge in [0.25, 0.3) is 0 Å². The normalized spacial score (nSPS) is 11.9. The second-order valence-electron chi connectivity index (χ2n) is 5.18. The summed E-state index contributed by atoms with van der Waals surface area (Å²) in [5.41, 5.74) is -0.0388. The third-order valence-electron chi connectivity index (χ3n) is 3.29. The minimum absolute atomic E-state index is 0.0799. The molecule has 2 heterocycles. The molecule has 3 rings (SSSR count). The Hall–Kier alpha value is -3.10. The fourth-order valence-corrected chi connectivity index (χ4v) is 3.00. The second-order valence-corrected chi connectivity index (χ2v) is 6.65. The number of aromatic amines is 1. The summed E-state index contributed by atoms with van der Waals surface area (Å²) < 4.78 is 38.0. The van der Waals surface area contributed by atoms with Crippen LogP contribution in [0.2, 0.25) is 5.02 Å². The van der Waals surface area contributed by atoms with Crippen LogP contribution in [0, 0.1) is 11.3 Å². The quantitative estimate of drug-likeness (QED) is 0.586. The molecule has 0 aliphatic rings. The van der Waals surface area contributed by atoms with Gasteiger partial charge in [0.15, 0.2) is 0 Å². The van der Waals surface area contributed by atoms with E-state index in [1.165, 1.54) is 6.20 Å². The first kappa shape index (κ1) is 19.7. The average Bonchev–Trinajstić information content (AvgIpc) is 3.19. The highest BCUT2D eigenvalue weighted by Gasteiger charge is 2.31. The van der Waals surface area contributed by atoms with Gasteiger partial charge in [0.2, 0.25) is 5.82 Å². The maximum atomic E-state index is 12.7. The molecule has 7 nitrogen and oxygen atoms in total. The summed E-state index contributed by atoms with van der Waals surface area (Å²) in [6.45, 7) is 0. The summed E-state index contributed by atoms with van der Waals surface area (Å²) >= 11 is 7.04. The lowest BCUT2D eigenvalue weighted by Crippen LogP contribution is -2.05. The van der Waals surface area contributed by atoms with Gasteiger partial charge in [0.05, 0.1) is 10.6 Å². The number of tetrazole rings is 1. The number of nitriles is 1. The van der Waals surface area contributed by atoms with Crippen LogP contribution in [0.4, 0.5) is 18.9 Å². The minimum Gasteiger partial charge on any atom is -0.360 e. The van der Waals surface area contributed by atoms with E-state index in [4.69, 9.17) is 16.9 Å². The van der Waals surface area contributed by atoms with Gasteiger partial charge in [0.1, 0.15) is 16.7 Å². The van der Waals surface area contributed by atoms with Crippen molar-refractivity contribution in [2.24, 2.45) is 0 Å².